The smallest absolute Gasteiger partial charge is 0.205 e. The van der Waals surface area contributed by atoms with Crippen molar-refractivity contribution in [1.29, 1.82) is 0 Å². The predicted octanol–water partition coefficient (Wildman–Crippen LogP) is -0.361. The molecule has 3 heteroatoms. The fourth-order valence-electron chi connectivity index (χ4n) is 1.05. The molecule has 1 saturated heterocycles. The average Bonchev–Trinajstić information content (AvgIpc) is 1.88. The van der Waals surface area contributed by atoms with Crippen molar-refractivity contribution < 1.29 is 9.22 Å². The normalized spacial score (nSPS) is 28.5. The molecule has 10 heavy (non-hydrogen) atoms. The molecule has 0 aromatic rings. The number of hydrogen-bond donors (Lipinski definition) is 1. The lowest BCUT2D eigenvalue weighted by Gasteiger charge is -2.36. The molecular formula is C7H17N2O+. The number of nitrogens with one attached hydrogen (secondary N) is 1. The van der Waals surface area contributed by atoms with E-state index in [4.69, 9.17) is 4.74 Å². The lowest BCUT2D eigenvalue weighted by atomic mass is 10.4. The zero-order chi connectivity index (χ0) is 7.61. The van der Waals surface area contributed by atoms with Crippen LogP contribution in [0.15, 0.2) is 0 Å². The van der Waals surface area contributed by atoms with Gasteiger partial charge in [-0.2, -0.15) is 0 Å². The van der Waals surface area contributed by atoms with Gasteiger partial charge in [-0.1, -0.05) is 0 Å². The van der Waals surface area contributed by atoms with Crippen LogP contribution < -0.4 is 5.32 Å². The Morgan fingerprint density at radius 2 is 2.10 bits per heavy atom. The van der Waals surface area contributed by atoms with Gasteiger partial charge >= 0.3 is 0 Å². The van der Waals surface area contributed by atoms with E-state index in [0.29, 0.717) is 6.23 Å². The molecule has 1 N–H and O–H groups in total. The van der Waals surface area contributed by atoms with Crippen LogP contribution >= 0.6 is 0 Å². The summed E-state index contributed by atoms with van der Waals surface area (Å²) in [7, 11) is 6.45. The number of rotatable bonds is 1. The van der Waals surface area contributed by atoms with Gasteiger partial charge in [0.2, 0.25) is 6.23 Å². The van der Waals surface area contributed by atoms with Crippen LogP contribution in [-0.2, 0) is 4.74 Å². The number of ether oxygens (including phenoxy) is 1. The van der Waals surface area contributed by atoms with Gasteiger partial charge in [-0.15, -0.1) is 0 Å². The average molecular weight is 145 g/mol. The van der Waals surface area contributed by atoms with Gasteiger partial charge in [0.25, 0.3) is 0 Å². The Kier molecular flexibility index (Phi) is 2.28. The summed E-state index contributed by atoms with van der Waals surface area (Å²) in [4.78, 5) is 0. The van der Waals surface area contributed by atoms with Crippen LogP contribution in [0.1, 0.15) is 0 Å². The number of nitrogens with zero attached hydrogens (tertiary/aromatic N) is 1. The first kappa shape index (κ1) is 7.98. The summed E-state index contributed by atoms with van der Waals surface area (Å²) in [6.07, 6.45) is 0.328. The van der Waals surface area contributed by atoms with Crippen LogP contribution in [0.25, 0.3) is 0 Å². The maximum Gasteiger partial charge on any atom is 0.205 e. The minimum Gasteiger partial charge on any atom is -0.327 e. The second-order valence-corrected chi connectivity index (χ2v) is 3.65. The second kappa shape index (κ2) is 2.86. The van der Waals surface area contributed by atoms with E-state index < -0.39 is 0 Å². The topological polar surface area (TPSA) is 21.3 Å². The molecule has 0 radical (unpaired) electrons. The summed E-state index contributed by atoms with van der Waals surface area (Å²) in [5.41, 5.74) is 0. The van der Waals surface area contributed by atoms with Crippen molar-refractivity contribution in [3.05, 3.63) is 0 Å². The van der Waals surface area contributed by atoms with E-state index >= 15 is 0 Å². The Morgan fingerprint density at radius 1 is 1.40 bits per heavy atom. The molecule has 60 valence electrons. The number of likely N-dealkylation sites (N-methyl/N-ethyl adjacent to an activating group) is 1. The van der Waals surface area contributed by atoms with Gasteiger partial charge in [-0.05, 0) is 0 Å². The Labute approximate surface area is 62.6 Å². The van der Waals surface area contributed by atoms with Gasteiger partial charge in [0.05, 0.1) is 34.3 Å². The van der Waals surface area contributed by atoms with Crippen LogP contribution in [-0.4, -0.2) is 51.6 Å². The lowest BCUT2D eigenvalue weighted by molar-refractivity contribution is -0.919. The van der Waals surface area contributed by atoms with E-state index in [0.717, 1.165) is 24.2 Å². The van der Waals surface area contributed by atoms with Crippen molar-refractivity contribution in [3.8, 4) is 0 Å². The standard InChI is InChI=1S/C7H17N2O/c1-9(2,3)7-6-8-4-5-10-7/h7-8H,4-6H2,1-3H3/q+1. The first-order chi connectivity index (χ1) is 4.61. The Balaban J connectivity index is 2.39. The summed E-state index contributed by atoms with van der Waals surface area (Å²) < 4.78 is 6.43. The van der Waals surface area contributed by atoms with E-state index in [9.17, 15) is 0 Å². The third-order valence-corrected chi connectivity index (χ3v) is 1.77. The molecule has 0 saturated carbocycles. The SMILES string of the molecule is C[N+](C)(C)C1CNCCO1. The molecule has 0 aromatic carbocycles. The highest BCUT2D eigenvalue weighted by Crippen LogP contribution is 2.05. The quantitative estimate of drug-likeness (QED) is 0.509. The van der Waals surface area contributed by atoms with Crippen LogP contribution in [0, 0.1) is 0 Å². The van der Waals surface area contributed by atoms with E-state index in [1.165, 1.54) is 0 Å². The maximum atomic E-state index is 5.55. The van der Waals surface area contributed by atoms with Gasteiger partial charge in [-0.3, -0.25) is 0 Å². The molecule has 1 aliphatic rings. The largest absolute Gasteiger partial charge is 0.327 e. The zero-order valence-corrected chi connectivity index (χ0v) is 7.05. The molecule has 0 spiro atoms. The van der Waals surface area contributed by atoms with Crippen LogP contribution in [0.3, 0.4) is 0 Å². The fraction of sp³-hybridized carbons (Fsp3) is 1.00. The number of morpholine rings is 1. The van der Waals surface area contributed by atoms with Crippen molar-refractivity contribution in [2.75, 3.05) is 40.8 Å². The third-order valence-electron chi connectivity index (χ3n) is 1.77. The summed E-state index contributed by atoms with van der Waals surface area (Å²) in [6.45, 7) is 2.82. The molecule has 0 bridgehead atoms. The van der Waals surface area contributed by atoms with Crippen molar-refractivity contribution in [2.24, 2.45) is 0 Å². The van der Waals surface area contributed by atoms with Crippen LogP contribution in [0.2, 0.25) is 0 Å². The molecule has 1 fully saturated rings. The Bertz CT molecular complexity index is 103. The van der Waals surface area contributed by atoms with Gasteiger partial charge < -0.3 is 14.5 Å². The van der Waals surface area contributed by atoms with Gasteiger partial charge in [0, 0.05) is 6.54 Å². The summed E-state index contributed by atoms with van der Waals surface area (Å²) in [6, 6.07) is 0. The van der Waals surface area contributed by atoms with Gasteiger partial charge in [0.1, 0.15) is 0 Å². The summed E-state index contributed by atoms with van der Waals surface area (Å²) >= 11 is 0. The molecule has 3 nitrogen and oxygen atoms in total. The highest BCUT2D eigenvalue weighted by atomic mass is 16.5. The fourth-order valence-corrected chi connectivity index (χ4v) is 1.05. The van der Waals surface area contributed by atoms with Crippen molar-refractivity contribution in [2.45, 2.75) is 6.23 Å². The highest BCUT2D eigenvalue weighted by molar-refractivity contribution is 4.57. The molecule has 0 aliphatic carbocycles. The van der Waals surface area contributed by atoms with E-state index in [1.54, 1.807) is 0 Å². The van der Waals surface area contributed by atoms with Crippen molar-refractivity contribution >= 4 is 0 Å². The highest BCUT2D eigenvalue weighted by Gasteiger charge is 2.25. The van der Waals surface area contributed by atoms with Gasteiger partial charge in [-0.25, -0.2) is 0 Å². The Hall–Kier alpha value is -0.120. The first-order valence-corrected chi connectivity index (χ1v) is 3.74. The van der Waals surface area contributed by atoms with Crippen molar-refractivity contribution in [3.63, 3.8) is 0 Å². The number of hydrogen-bond acceptors (Lipinski definition) is 2. The van der Waals surface area contributed by atoms with Crippen LogP contribution in [0.4, 0.5) is 0 Å². The first-order valence-electron chi connectivity index (χ1n) is 3.74. The van der Waals surface area contributed by atoms with E-state index in [-0.39, 0.29) is 0 Å². The Morgan fingerprint density at radius 3 is 2.40 bits per heavy atom. The maximum absolute atomic E-state index is 5.55. The molecule has 1 rings (SSSR count). The molecule has 1 aliphatic heterocycles. The minimum atomic E-state index is 0.328. The number of quaternary nitrogens is 1. The second-order valence-electron chi connectivity index (χ2n) is 3.65. The molecule has 1 heterocycles. The summed E-state index contributed by atoms with van der Waals surface area (Å²) in [5.74, 6) is 0. The molecule has 1 unspecified atom stereocenters. The van der Waals surface area contributed by atoms with Gasteiger partial charge in [0.15, 0.2) is 0 Å². The zero-order valence-electron chi connectivity index (χ0n) is 7.05. The summed E-state index contributed by atoms with van der Waals surface area (Å²) in [5, 5.41) is 3.30. The third kappa shape index (κ3) is 1.94. The van der Waals surface area contributed by atoms with Crippen LogP contribution in [0.5, 0.6) is 0 Å². The molecule has 1 atom stereocenters. The molecule has 0 aromatic heterocycles. The predicted molar refractivity (Wildman–Crippen MR) is 40.6 cm³/mol. The van der Waals surface area contributed by atoms with E-state index in [1.807, 2.05) is 0 Å². The molecule has 0 amide bonds. The van der Waals surface area contributed by atoms with E-state index in [2.05, 4.69) is 26.5 Å². The van der Waals surface area contributed by atoms with Crippen molar-refractivity contribution in [1.82, 2.24) is 5.32 Å². The lowest BCUT2D eigenvalue weighted by Crippen LogP contribution is -2.55. The molecular weight excluding hydrogens is 128 g/mol. The minimum absolute atomic E-state index is 0.328. The monoisotopic (exact) mass is 145 g/mol.